The van der Waals surface area contributed by atoms with E-state index in [2.05, 4.69) is 108 Å². The summed E-state index contributed by atoms with van der Waals surface area (Å²) < 4.78 is 0. The number of nitrogens with zero attached hydrogens (tertiary/aromatic N) is 1. The predicted molar refractivity (Wildman–Crippen MR) is 115 cm³/mol. The molecule has 0 unspecified atom stereocenters. The average Bonchev–Trinajstić information content (AvgIpc) is 2.74. The van der Waals surface area contributed by atoms with E-state index in [0.29, 0.717) is 0 Å². The van der Waals surface area contributed by atoms with Crippen LogP contribution in [0, 0.1) is 6.07 Å². The molecular weight excluding hydrogens is 326 g/mol. The lowest BCUT2D eigenvalue weighted by atomic mass is 10.0. The van der Waals surface area contributed by atoms with Crippen LogP contribution in [0.1, 0.15) is 0 Å². The van der Waals surface area contributed by atoms with E-state index in [-0.39, 0.29) is 0 Å². The van der Waals surface area contributed by atoms with Crippen molar-refractivity contribution in [3.05, 3.63) is 115 Å². The molecule has 0 aliphatic carbocycles. The van der Waals surface area contributed by atoms with E-state index in [9.17, 15) is 0 Å². The Hall–Kier alpha value is -3.58. The van der Waals surface area contributed by atoms with Crippen molar-refractivity contribution in [2.24, 2.45) is 0 Å². The molecule has 0 heterocycles. The lowest BCUT2D eigenvalue weighted by Crippen LogP contribution is -2.10. The van der Waals surface area contributed by atoms with Gasteiger partial charge in [0.05, 0.1) is 5.69 Å². The molecular formula is C26H18N. The minimum absolute atomic E-state index is 1.15. The maximum Gasteiger partial charge on any atom is 0.0540 e. The highest BCUT2D eigenvalue weighted by atomic mass is 15.1. The summed E-state index contributed by atoms with van der Waals surface area (Å²) in [5.74, 6) is 0. The van der Waals surface area contributed by atoms with Gasteiger partial charge in [-0.1, -0.05) is 60.7 Å². The van der Waals surface area contributed by atoms with E-state index in [4.69, 9.17) is 0 Å². The summed E-state index contributed by atoms with van der Waals surface area (Å²) in [5.41, 5.74) is 3.48. The first-order chi connectivity index (χ1) is 13.4. The number of rotatable bonds is 3. The highest BCUT2D eigenvalue weighted by molar-refractivity contribution is 6.06. The second kappa shape index (κ2) is 6.62. The van der Waals surface area contributed by atoms with Gasteiger partial charge in [-0.3, -0.25) is 0 Å². The van der Waals surface area contributed by atoms with Gasteiger partial charge in [0.25, 0.3) is 0 Å². The van der Waals surface area contributed by atoms with Gasteiger partial charge in [-0.25, -0.2) is 0 Å². The van der Waals surface area contributed by atoms with Gasteiger partial charge in [0.15, 0.2) is 0 Å². The van der Waals surface area contributed by atoms with Crippen LogP contribution in [0.3, 0.4) is 0 Å². The summed E-state index contributed by atoms with van der Waals surface area (Å²) in [4.78, 5) is 2.32. The molecule has 0 saturated heterocycles. The van der Waals surface area contributed by atoms with Crippen molar-refractivity contribution in [1.29, 1.82) is 0 Å². The van der Waals surface area contributed by atoms with Crippen molar-refractivity contribution in [1.82, 2.24) is 0 Å². The summed E-state index contributed by atoms with van der Waals surface area (Å²) in [6, 6.07) is 41.4. The van der Waals surface area contributed by atoms with Gasteiger partial charge >= 0.3 is 0 Å². The van der Waals surface area contributed by atoms with Gasteiger partial charge in [-0.15, -0.1) is 0 Å². The fourth-order valence-electron chi connectivity index (χ4n) is 3.66. The fourth-order valence-corrected chi connectivity index (χ4v) is 3.66. The third-order valence-corrected chi connectivity index (χ3v) is 4.93. The van der Waals surface area contributed by atoms with Gasteiger partial charge in [0, 0.05) is 16.8 Å². The summed E-state index contributed by atoms with van der Waals surface area (Å²) >= 11 is 0. The third-order valence-electron chi connectivity index (χ3n) is 4.93. The SMILES string of the molecule is [c]1ccc2cc3c(N(c4ccccc4)c4ccccc4)cccc3cc2c1. The third kappa shape index (κ3) is 2.84. The molecule has 0 spiro atoms. The van der Waals surface area contributed by atoms with E-state index >= 15 is 0 Å². The monoisotopic (exact) mass is 344 g/mol. The molecule has 0 amide bonds. The average molecular weight is 344 g/mol. The fraction of sp³-hybridized carbons (Fsp3) is 0. The highest BCUT2D eigenvalue weighted by Crippen LogP contribution is 2.39. The lowest BCUT2D eigenvalue weighted by molar-refractivity contribution is 1.30. The summed E-state index contributed by atoms with van der Waals surface area (Å²) in [6.45, 7) is 0. The first kappa shape index (κ1) is 15.7. The molecule has 0 saturated carbocycles. The Bertz CT molecular complexity index is 1170. The topological polar surface area (TPSA) is 3.24 Å². The molecule has 1 radical (unpaired) electrons. The van der Waals surface area contributed by atoms with Crippen LogP contribution in [0.15, 0.2) is 109 Å². The number of hydrogen-bond donors (Lipinski definition) is 0. The maximum atomic E-state index is 3.18. The summed E-state index contributed by atoms with van der Waals surface area (Å²) in [7, 11) is 0. The number of para-hydroxylation sites is 2. The van der Waals surface area contributed by atoms with Crippen molar-refractivity contribution < 1.29 is 0 Å². The van der Waals surface area contributed by atoms with Crippen LogP contribution < -0.4 is 4.90 Å². The normalized spacial score (nSPS) is 11.0. The lowest BCUT2D eigenvalue weighted by Gasteiger charge is -2.27. The maximum absolute atomic E-state index is 3.18. The van der Waals surface area contributed by atoms with E-state index < -0.39 is 0 Å². The number of anilines is 3. The molecule has 0 aliphatic rings. The number of fused-ring (bicyclic) bond motifs is 2. The van der Waals surface area contributed by atoms with Crippen molar-refractivity contribution in [2.75, 3.05) is 4.90 Å². The van der Waals surface area contributed by atoms with Gasteiger partial charge < -0.3 is 4.90 Å². The Balaban J connectivity index is 1.81. The number of benzene rings is 5. The molecule has 5 aromatic carbocycles. The van der Waals surface area contributed by atoms with Crippen molar-refractivity contribution in [3.8, 4) is 0 Å². The smallest absolute Gasteiger partial charge is 0.0540 e. The molecule has 0 aliphatic heterocycles. The van der Waals surface area contributed by atoms with Crippen molar-refractivity contribution in [3.63, 3.8) is 0 Å². The molecule has 127 valence electrons. The minimum atomic E-state index is 1.15. The molecule has 5 aromatic rings. The highest BCUT2D eigenvalue weighted by Gasteiger charge is 2.14. The molecule has 5 rings (SSSR count). The largest absolute Gasteiger partial charge is 0.310 e. The summed E-state index contributed by atoms with van der Waals surface area (Å²) in [6.07, 6.45) is 0. The van der Waals surface area contributed by atoms with Gasteiger partial charge in [0.1, 0.15) is 0 Å². The Morgan fingerprint density at radius 2 is 1.26 bits per heavy atom. The van der Waals surface area contributed by atoms with Gasteiger partial charge in [0.2, 0.25) is 0 Å². The van der Waals surface area contributed by atoms with Gasteiger partial charge in [-0.05, 0) is 70.8 Å². The zero-order valence-corrected chi connectivity index (χ0v) is 14.8. The molecule has 0 bridgehead atoms. The molecule has 27 heavy (non-hydrogen) atoms. The number of hydrogen-bond acceptors (Lipinski definition) is 1. The van der Waals surface area contributed by atoms with E-state index in [1.165, 1.54) is 27.2 Å². The molecule has 0 atom stereocenters. The van der Waals surface area contributed by atoms with Crippen LogP contribution in [-0.2, 0) is 0 Å². The van der Waals surface area contributed by atoms with Crippen molar-refractivity contribution >= 4 is 38.6 Å². The molecule has 0 N–H and O–H groups in total. The molecule has 1 nitrogen and oxygen atoms in total. The van der Waals surface area contributed by atoms with Gasteiger partial charge in [-0.2, -0.15) is 0 Å². The molecule has 0 aromatic heterocycles. The van der Waals surface area contributed by atoms with Crippen LogP contribution in [0.25, 0.3) is 21.5 Å². The van der Waals surface area contributed by atoms with Crippen LogP contribution >= 0.6 is 0 Å². The first-order valence-electron chi connectivity index (χ1n) is 9.13. The second-order valence-corrected chi connectivity index (χ2v) is 6.63. The Labute approximate surface area is 159 Å². The van der Waals surface area contributed by atoms with E-state index in [1.807, 2.05) is 12.1 Å². The van der Waals surface area contributed by atoms with E-state index in [0.717, 1.165) is 11.4 Å². The van der Waals surface area contributed by atoms with Crippen LogP contribution in [-0.4, -0.2) is 0 Å². The Kier molecular flexibility index (Phi) is 3.84. The second-order valence-electron chi connectivity index (χ2n) is 6.63. The zero-order valence-electron chi connectivity index (χ0n) is 14.8. The zero-order chi connectivity index (χ0) is 18.1. The minimum Gasteiger partial charge on any atom is -0.310 e. The van der Waals surface area contributed by atoms with E-state index in [1.54, 1.807) is 0 Å². The predicted octanol–water partition coefficient (Wildman–Crippen LogP) is 7.26. The molecule has 1 heteroatoms. The van der Waals surface area contributed by atoms with Crippen LogP contribution in [0.4, 0.5) is 17.1 Å². The Morgan fingerprint density at radius 1 is 0.556 bits per heavy atom. The summed E-state index contributed by atoms with van der Waals surface area (Å²) in [5, 5.41) is 4.92. The van der Waals surface area contributed by atoms with Crippen LogP contribution in [0.5, 0.6) is 0 Å². The molecule has 0 fully saturated rings. The first-order valence-corrected chi connectivity index (χ1v) is 9.13. The standard InChI is InChI=1S/C26H18N/c1-3-13-23(14-4-1)27(24-15-5-2-6-16-24)26-17-9-12-22-18-20-10-7-8-11-21(20)19-25(22)26/h1-6,8-19H. The van der Waals surface area contributed by atoms with Crippen LogP contribution in [0.2, 0.25) is 0 Å². The quantitative estimate of drug-likeness (QED) is 0.311. The van der Waals surface area contributed by atoms with Crippen molar-refractivity contribution in [2.45, 2.75) is 0 Å². The Morgan fingerprint density at radius 3 is 1.96 bits per heavy atom.